The van der Waals surface area contributed by atoms with Crippen molar-refractivity contribution in [2.24, 2.45) is 0 Å². The fourth-order valence-electron chi connectivity index (χ4n) is 2.51. The first-order valence-corrected chi connectivity index (χ1v) is 7.53. The summed E-state index contributed by atoms with van der Waals surface area (Å²) in [6, 6.07) is 7.86. The number of hydrogen-bond donors (Lipinski definition) is 1. The Labute approximate surface area is 126 Å². The fraction of sp³-hybridized carbons (Fsp3) is 0.562. The van der Waals surface area contributed by atoms with Crippen molar-refractivity contribution in [1.29, 1.82) is 0 Å². The Morgan fingerprint density at radius 3 is 2.62 bits per heavy atom. The SMILES string of the molecule is COCCCN1CCN(C(=O)Nc2ccccc2C)CC1. The van der Waals surface area contributed by atoms with Crippen LogP contribution in [0.15, 0.2) is 24.3 Å². The molecule has 0 unspecified atom stereocenters. The second-order valence-corrected chi connectivity index (χ2v) is 5.42. The van der Waals surface area contributed by atoms with Gasteiger partial charge < -0.3 is 15.0 Å². The van der Waals surface area contributed by atoms with Gasteiger partial charge in [0.25, 0.3) is 0 Å². The summed E-state index contributed by atoms with van der Waals surface area (Å²) in [5.74, 6) is 0. The molecule has 2 amide bonds. The molecule has 1 saturated heterocycles. The van der Waals surface area contributed by atoms with Gasteiger partial charge in [0.1, 0.15) is 0 Å². The zero-order valence-electron chi connectivity index (χ0n) is 13.0. The van der Waals surface area contributed by atoms with Gasteiger partial charge in [-0.15, -0.1) is 0 Å². The maximum absolute atomic E-state index is 12.3. The number of nitrogens with zero attached hydrogens (tertiary/aromatic N) is 2. The molecule has 5 nitrogen and oxygen atoms in total. The first-order chi connectivity index (χ1) is 10.2. The van der Waals surface area contributed by atoms with E-state index in [-0.39, 0.29) is 6.03 Å². The van der Waals surface area contributed by atoms with Crippen LogP contribution in [-0.2, 0) is 4.74 Å². The zero-order valence-corrected chi connectivity index (χ0v) is 13.0. The van der Waals surface area contributed by atoms with Crippen LogP contribution in [-0.4, -0.2) is 62.3 Å². The van der Waals surface area contributed by atoms with Gasteiger partial charge in [-0.25, -0.2) is 4.79 Å². The van der Waals surface area contributed by atoms with E-state index in [0.29, 0.717) is 0 Å². The number of amides is 2. The Bertz CT molecular complexity index is 457. The van der Waals surface area contributed by atoms with Crippen LogP contribution in [0.5, 0.6) is 0 Å². The maximum Gasteiger partial charge on any atom is 0.321 e. The van der Waals surface area contributed by atoms with Crippen LogP contribution < -0.4 is 5.32 Å². The van der Waals surface area contributed by atoms with Gasteiger partial charge in [0.2, 0.25) is 0 Å². The number of benzene rings is 1. The smallest absolute Gasteiger partial charge is 0.321 e. The summed E-state index contributed by atoms with van der Waals surface area (Å²) in [5, 5.41) is 3.00. The van der Waals surface area contributed by atoms with E-state index >= 15 is 0 Å². The van der Waals surface area contributed by atoms with Crippen LogP contribution in [0.3, 0.4) is 0 Å². The Hall–Kier alpha value is -1.59. The number of methoxy groups -OCH3 is 1. The Morgan fingerprint density at radius 2 is 1.95 bits per heavy atom. The first-order valence-electron chi connectivity index (χ1n) is 7.53. The van der Waals surface area contributed by atoms with E-state index in [1.165, 1.54) is 0 Å². The van der Waals surface area contributed by atoms with Crippen LogP contribution in [0.4, 0.5) is 10.5 Å². The number of carbonyl (C=O) groups is 1. The molecule has 1 aromatic rings. The van der Waals surface area contributed by atoms with Crippen molar-refractivity contribution in [3.63, 3.8) is 0 Å². The minimum Gasteiger partial charge on any atom is -0.385 e. The van der Waals surface area contributed by atoms with E-state index < -0.39 is 0 Å². The number of piperazine rings is 1. The Morgan fingerprint density at radius 1 is 1.24 bits per heavy atom. The van der Waals surface area contributed by atoms with Crippen molar-refractivity contribution in [2.75, 3.05) is 51.8 Å². The molecule has 116 valence electrons. The lowest BCUT2D eigenvalue weighted by atomic mass is 10.2. The van der Waals surface area contributed by atoms with Crippen molar-refractivity contribution in [3.8, 4) is 0 Å². The van der Waals surface area contributed by atoms with Gasteiger partial charge in [-0.2, -0.15) is 0 Å². The molecule has 21 heavy (non-hydrogen) atoms. The molecular weight excluding hydrogens is 266 g/mol. The average molecular weight is 291 g/mol. The lowest BCUT2D eigenvalue weighted by Gasteiger charge is -2.34. The molecule has 0 aliphatic carbocycles. The van der Waals surface area contributed by atoms with E-state index in [4.69, 9.17) is 4.74 Å². The quantitative estimate of drug-likeness (QED) is 0.846. The zero-order chi connectivity index (χ0) is 15.1. The van der Waals surface area contributed by atoms with E-state index in [1.54, 1.807) is 7.11 Å². The number of anilines is 1. The number of para-hydroxylation sites is 1. The molecule has 1 heterocycles. The van der Waals surface area contributed by atoms with Crippen molar-refractivity contribution >= 4 is 11.7 Å². The highest BCUT2D eigenvalue weighted by Gasteiger charge is 2.20. The summed E-state index contributed by atoms with van der Waals surface area (Å²) >= 11 is 0. The molecule has 0 aromatic heterocycles. The second-order valence-electron chi connectivity index (χ2n) is 5.42. The van der Waals surface area contributed by atoms with Gasteiger partial charge in [0.05, 0.1) is 0 Å². The highest BCUT2D eigenvalue weighted by molar-refractivity contribution is 5.90. The third-order valence-electron chi connectivity index (χ3n) is 3.87. The van der Waals surface area contributed by atoms with Gasteiger partial charge in [-0.1, -0.05) is 18.2 Å². The van der Waals surface area contributed by atoms with Gasteiger partial charge >= 0.3 is 6.03 Å². The molecule has 1 N–H and O–H groups in total. The highest BCUT2D eigenvalue weighted by atomic mass is 16.5. The number of nitrogens with one attached hydrogen (secondary N) is 1. The fourth-order valence-corrected chi connectivity index (χ4v) is 2.51. The summed E-state index contributed by atoms with van der Waals surface area (Å²) in [6.45, 7) is 7.28. The van der Waals surface area contributed by atoms with Gasteiger partial charge in [0, 0.05) is 52.1 Å². The monoisotopic (exact) mass is 291 g/mol. The molecular formula is C16H25N3O2. The predicted octanol–water partition coefficient (Wildman–Crippen LogP) is 2.18. The number of rotatable bonds is 5. The van der Waals surface area contributed by atoms with Crippen molar-refractivity contribution in [3.05, 3.63) is 29.8 Å². The van der Waals surface area contributed by atoms with E-state index in [1.807, 2.05) is 36.1 Å². The van der Waals surface area contributed by atoms with E-state index in [0.717, 1.165) is 57.0 Å². The summed E-state index contributed by atoms with van der Waals surface area (Å²) in [7, 11) is 1.73. The summed E-state index contributed by atoms with van der Waals surface area (Å²) < 4.78 is 5.07. The molecule has 0 saturated carbocycles. The summed E-state index contributed by atoms with van der Waals surface area (Å²) in [6.07, 6.45) is 1.05. The number of hydrogen-bond acceptors (Lipinski definition) is 3. The minimum absolute atomic E-state index is 0.000779. The summed E-state index contributed by atoms with van der Waals surface area (Å²) in [5.41, 5.74) is 1.98. The molecule has 1 aliphatic heterocycles. The third-order valence-corrected chi connectivity index (χ3v) is 3.87. The second kappa shape index (κ2) is 8.00. The number of ether oxygens (including phenoxy) is 1. The van der Waals surface area contributed by atoms with E-state index in [9.17, 15) is 4.79 Å². The highest BCUT2D eigenvalue weighted by Crippen LogP contribution is 2.14. The lowest BCUT2D eigenvalue weighted by molar-refractivity contribution is 0.130. The molecule has 5 heteroatoms. The molecule has 0 bridgehead atoms. The minimum atomic E-state index is 0.000779. The molecule has 0 radical (unpaired) electrons. The largest absolute Gasteiger partial charge is 0.385 e. The summed E-state index contributed by atoms with van der Waals surface area (Å²) in [4.78, 5) is 16.5. The predicted molar refractivity (Wildman–Crippen MR) is 84.7 cm³/mol. The molecule has 1 fully saturated rings. The van der Waals surface area contributed by atoms with Crippen LogP contribution in [0, 0.1) is 6.92 Å². The molecule has 0 atom stereocenters. The maximum atomic E-state index is 12.3. The first kappa shape index (κ1) is 15.8. The average Bonchev–Trinajstić information content (AvgIpc) is 2.50. The third kappa shape index (κ3) is 4.72. The Balaban J connectivity index is 1.77. The van der Waals surface area contributed by atoms with Gasteiger partial charge in [-0.3, -0.25) is 4.90 Å². The molecule has 2 rings (SSSR count). The molecule has 0 spiro atoms. The number of urea groups is 1. The van der Waals surface area contributed by atoms with E-state index in [2.05, 4.69) is 10.2 Å². The lowest BCUT2D eigenvalue weighted by Crippen LogP contribution is -2.50. The normalized spacial score (nSPS) is 16.0. The number of carbonyl (C=O) groups excluding carboxylic acids is 1. The van der Waals surface area contributed by atoms with Gasteiger partial charge in [-0.05, 0) is 25.0 Å². The Kier molecular flexibility index (Phi) is 6.02. The van der Waals surface area contributed by atoms with Crippen LogP contribution in [0.1, 0.15) is 12.0 Å². The topological polar surface area (TPSA) is 44.8 Å². The van der Waals surface area contributed by atoms with Crippen molar-refractivity contribution in [2.45, 2.75) is 13.3 Å². The molecule has 1 aromatic carbocycles. The number of aryl methyl sites for hydroxylation is 1. The van der Waals surface area contributed by atoms with Crippen LogP contribution in [0.25, 0.3) is 0 Å². The molecule has 1 aliphatic rings. The van der Waals surface area contributed by atoms with Crippen molar-refractivity contribution < 1.29 is 9.53 Å². The van der Waals surface area contributed by atoms with Crippen LogP contribution >= 0.6 is 0 Å². The van der Waals surface area contributed by atoms with Gasteiger partial charge in [0.15, 0.2) is 0 Å². The standard InChI is InChI=1S/C16H25N3O2/c1-14-6-3-4-7-15(14)17-16(20)19-11-9-18(10-12-19)8-5-13-21-2/h3-4,6-7H,5,8-13H2,1-2H3,(H,17,20). The van der Waals surface area contributed by atoms with Crippen LogP contribution in [0.2, 0.25) is 0 Å². The van der Waals surface area contributed by atoms with Crippen molar-refractivity contribution in [1.82, 2.24) is 9.80 Å².